The summed E-state index contributed by atoms with van der Waals surface area (Å²) < 4.78 is 10.0. The zero-order valence-electron chi connectivity index (χ0n) is 19.8. The monoisotopic (exact) mass is 597 g/mol. The zero-order chi connectivity index (χ0) is 25.7. The van der Waals surface area contributed by atoms with Crippen LogP contribution in [-0.2, 0) is 29.2 Å². The molecule has 0 saturated carbocycles. The van der Waals surface area contributed by atoms with Crippen molar-refractivity contribution >= 4 is 58.0 Å². The minimum atomic E-state index is -0.427. The highest BCUT2D eigenvalue weighted by molar-refractivity contribution is 6.36. The van der Waals surface area contributed by atoms with E-state index >= 15 is 0 Å². The van der Waals surface area contributed by atoms with Gasteiger partial charge in [0.05, 0.1) is 6.61 Å². The van der Waals surface area contributed by atoms with Crippen LogP contribution in [0.25, 0.3) is 0 Å². The molecule has 5 nitrogen and oxygen atoms in total. The van der Waals surface area contributed by atoms with E-state index in [1.807, 2.05) is 60.5 Å². The van der Waals surface area contributed by atoms with Gasteiger partial charge in [0.2, 0.25) is 6.33 Å². The highest BCUT2D eigenvalue weighted by Gasteiger charge is 2.21. The number of para-hydroxylation sites is 1. The van der Waals surface area contributed by atoms with Crippen LogP contribution in [0.5, 0.6) is 0 Å². The molecular weight excluding hydrogens is 576 g/mol. The fourth-order valence-electron chi connectivity index (χ4n) is 3.76. The van der Waals surface area contributed by atoms with E-state index in [0.29, 0.717) is 32.2 Å². The van der Waals surface area contributed by atoms with Crippen molar-refractivity contribution in [3.8, 4) is 0 Å². The number of carbonyl (C=O) groups is 1. The van der Waals surface area contributed by atoms with E-state index in [0.717, 1.165) is 16.8 Å². The number of aryl methyl sites for hydroxylation is 1. The minimum absolute atomic E-state index is 0. The van der Waals surface area contributed by atoms with Gasteiger partial charge < -0.3 is 22.5 Å². The van der Waals surface area contributed by atoms with Gasteiger partial charge in [-0.3, -0.25) is 4.79 Å². The van der Waals surface area contributed by atoms with Gasteiger partial charge in [-0.2, -0.15) is 0 Å². The van der Waals surface area contributed by atoms with E-state index in [9.17, 15) is 4.79 Å². The summed E-state index contributed by atoms with van der Waals surface area (Å²) in [5.41, 5.74) is 3.28. The highest BCUT2D eigenvalue weighted by Crippen LogP contribution is 2.32. The van der Waals surface area contributed by atoms with Gasteiger partial charge in [0.15, 0.2) is 6.54 Å². The van der Waals surface area contributed by atoms with Crippen LogP contribution < -0.4 is 22.3 Å². The van der Waals surface area contributed by atoms with E-state index in [1.54, 1.807) is 34.9 Å². The lowest BCUT2D eigenvalue weighted by Gasteiger charge is -2.19. The second kappa shape index (κ2) is 13.5. The summed E-state index contributed by atoms with van der Waals surface area (Å²) in [6.07, 6.45) is 5.14. The van der Waals surface area contributed by atoms with Gasteiger partial charge in [-0.15, -0.1) is 0 Å². The first-order valence-electron chi connectivity index (χ1n) is 11.2. The molecule has 37 heavy (non-hydrogen) atoms. The molecular formula is C27H24Cl5N3O2. The van der Waals surface area contributed by atoms with Gasteiger partial charge in [-0.1, -0.05) is 76.7 Å². The Labute approximate surface area is 242 Å². The van der Waals surface area contributed by atoms with Crippen LogP contribution in [0, 0.1) is 6.92 Å². The molecule has 194 valence electrons. The standard InChI is InChI=1S/C27H23Cl4N3O2.ClH/c1-18-5-2-3-8-25(18)32-27(35)15-34-12-11-33(17-34)14-26(20-10-9-19(28)13-24(20)31)36-16-21-22(29)6-4-7-23(21)30;/h2-13,17,26H,14-16H2,1H3;1H. The Bertz CT molecular complexity index is 1360. The SMILES string of the molecule is Cc1ccccc1NC(=O)C[n+]1ccn(CC(OCc2c(Cl)cccc2Cl)c2ccc(Cl)cc2Cl)c1.[Cl-]. The Hall–Kier alpha value is -2.25. The smallest absolute Gasteiger partial charge is 0.266 e. The molecule has 0 aliphatic heterocycles. The van der Waals surface area contributed by atoms with E-state index in [4.69, 9.17) is 51.1 Å². The molecule has 0 radical (unpaired) electrons. The summed E-state index contributed by atoms with van der Waals surface area (Å²) in [4.78, 5) is 12.6. The Balaban J connectivity index is 0.00000380. The van der Waals surface area contributed by atoms with Crippen LogP contribution in [0.15, 0.2) is 79.4 Å². The Morgan fingerprint density at radius 1 is 1.00 bits per heavy atom. The van der Waals surface area contributed by atoms with Crippen molar-refractivity contribution in [2.45, 2.75) is 32.7 Å². The van der Waals surface area contributed by atoms with Crippen molar-refractivity contribution in [2.75, 3.05) is 5.32 Å². The van der Waals surface area contributed by atoms with Crippen molar-refractivity contribution in [2.24, 2.45) is 0 Å². The van der Waals surface area contributed by atoms with Gasteiger partial charge in [0.1, 0.15) is 25.0 Å². The lowest BCUT2D eigenvalue weighted by molar-refractivity contribution is -0.683. The molecule has 10 heteroatoms. The molecule has 1 amide bonds. The number of carbonyl (C=O) groups excluding carboxylic acids is 1. The van der Waals surface area contributed by atoms with Gasteiger partial charge >= 0.3 is 0 Å². The first-order chi connectivity index (χ1) is 17.3. The zero-order valence-corrected chi connectivity index (χ0v) is 23.6. The molecule has 0 aliphatic carbocycles. The summed E-state index contributed by atoms with van der Waals surface area (Å²) in [5, 5.41) is 5.04. The summed E-state index contributed by atoms with van der Waals surface area (Å²) in [7, 11) is 0. The van der Waals surface area contributed by atoms with Crippen molar-refractivity contribution < 1.29 is 26.5 Å². The van der Waals surface area contributed by atoms with Crippen molar-refractivity contribution in [1.29, 1.82) is 0 Å². The first-order valence-corrected chi connectivity index (χ1v) is 12.7. The predicted octanol–water partition coefficient (Wildman–Crippen LogP) is 4.30. The third-order valence-electron chi connectivity index (χ3n) is 5.67. The molecule has 0 spiro atoms. The molecule has 4 rings (SSSR count). The summed E-state index contributed by atoms with van der Waals surface area (Å²) in [6, 6.07) is 18.3. The van der Waals surface area contributed by atoms with E-state index < -0.39 is 6.10 Å². The average molecular weight is 600 g/mol. The average Bonchev–Trinajstić information content (AvgIpc) is 3.26. The molecule has 4 aromatic rings. The maximum absolute atomic E-state index is 12.6. The van der Waals surface area contributed by atoms with Gasteiger partial charge in [0.25, 0.3) is 5.91 Å². The molecule has 1 aromatic heterocycles. The number of imidazole rings is 1. The maximum Gasteiger partial charge on any atom is 0.266 e. The number of aromatic nitrogens is 2. The highest BCUT2D eigenvalue weighted by atomic mass is 35.5. The van der Waals surface area contributed by atoms with Gasteiger partial charge in [0, 0.05) is 36.9 Å². The molecule has 1 N–H and O–H groups in total. The number of anilines is 1. The van der Waals surface area contributed by atoms with Gasteiger partial charge in [-0.25, -0.2) is 9.13 Å². The fraction of sp³-hybridized carbons (Fsp3) is 0.185. The maximum atomic E-state index is 12.6. The minimum Gasteiger partial charge on any atom is -1.00 e. The van der Waals surface area contributed by atoms with E-state index in [1.165, 1.54) is 0 Å². The first kappa shape index (κ1) is 29.3. The third kappa shape index (κ3) is 7.87. The summed E-state index contributed by atoms with van der Waals surface area (Å²) >= 11 is 25.3. The van der Waals surface area contributed by atoms with Crippen molar-refractivity contribution in [1.82, 2.24) is 4.57 Å². The number of nitrogens with zero attached hydrogens (tertiary/aromatic N) is 2. The van der Waals surface area contributed by atoms with Gasteiger partial charge in [-0.05, 0) is 42.8 Å². The molecule has 0 saturated heterocycles. The third-order valence-corrected chi connectivity index (χ3v) is 6.94. The number of halogens is 5. The Kier molecular flexibility index (Phi) is 10.7. The van der Waals surface area contributed by atoms with Crippen LogP contribution >= 0.6 is 46.4 Å². The molecule has 0 bridgehead atoms. The number of hydrogen-bond donors (Lipinski definition) is 1. The van der Waals surface area contributed by atoms with Crippen LogP contribution in [0.1, 0.15) is 22.8 Å². The molecule has 1 unspecified atom stereocenters. The molecule has 1 heterocycles. The quantitative estimate of drug-likeness (QED) is 0.292. The summed E-state index contributed by atoms with van der Waals surface area (Å²) in [6.45, 7) is 2.76. The topological polar surface area (TPSA) is 47.1 Å². The molecule has 0 fully saturated rings. The van der Waals surface area contributed by atoms with E-state index in [2.05, 4.69) is 5.32 Å². The van der Waals surface area contributed by atoms with Crippen molar-refractivity contribution in [3.05, 3.63) is 116 Å². The van der Waals surface area contributed by atoms with E-state index in [-0.39, 0.29) is 31.5 Å². The number of ether oxygens (including phenoxy) is 1. The van der Waals surface area contributed by atoms with Crippen LogP contribution in [0.4, 0.5) is 5.69 Å². The number of nitrogens with one attached hydrogen (secondary N) is 1. The number of rotatable bonds is 9. The fourth-order valence-corrected chi connectivity index (χ4v) is 4.79. The lowest BCUT2D eigenvalue weighted by Crippen LogP contribution is -3.00. The summed E-state index contributed by atoms with van der Waals surface area (Å²) in [5.74, 6) is -0.117. The Morgan fingerprint density at radius 3 is 2.43 bits per heavy atom. The molecule has 1 atom stereocenters. The Morgan fingerprint density at radius 2 is 1.73 bits per heavy atom. The lowest BCUT2D eigenvalue weighted by atomic mass is 10.1. The van der Waals surface area contributed by atoms with Crippen LogP contribution in [0.2, 0.25) is 20.1 Å². The largest absolute Gasteiger partial charge is 1.00 e. The van der Waals surface area contributed by atoms with Crippen molar-refractivity contribution in [3.63, 3.8) is 0 Å². The second-order valence-corrected chi connectivity index (χ2v) is 9.97. The predicted molar refractivity (Wildman–Crippen MR) is 145 cm³/mol. The van der Waals surface area contributed by atoms with Crippen LogP contribution in [-0.4, -0.2) is 10.5 Å². The number of benzene rings is 3. The van der Waals surface area contributed by atoms with Crippen LogP contribution in [0.3, 0.4) is 0 Å². The number of amides is 1. The number of hydrogen-bond acceptors (Lipinski definition) is 2. The molecule has 3 aromatic carbocycles. The second-order valence-electron chi connectivity index (χ2n) is 8.31. The normalized spacial score (nSPS) is 11.6. The molecule has 0 aliphatic rings.